The van der Waals surface area contributed by atoms with E-state index in [4.69, 9.17) is 0 Å². The van der Waals surface area contributed by atoms with Crippen LogP contribution in [0.2, 0.25) is 0 Å². The summed E-state index contributed by atoms with van der Waals surface area (Å²) in [5.41, 5.74) is 5.12. The highest BCUT2D eigenvalue weighted by molar-refractivity contribution is 9.10. The molecule has 0 aliphatic rings. The van der Waals surface area contributed by atoms with E-state index < -0.39 is 11.7 Å². The maximum absolute atomic E-state index is 13.0. The maximum Gasteiger partial charge on any atom is 0.416 e. The van der Waals surface area contributed by atoms with Crippen LogP contribution >= 0.6 is 15.9 Å². The molecule has 0 amide bonds. The predicted molar refractivity (Wildman–Crippen MR) is 116 cm³/mol. The highest BCUT2D eigenvalue weighted by Crippen LogP contribution is 2.43. The van der Waals surface area contributed by atoms with Crippen LogP contribution in [0.1, 0.15) is 88.0 Å². The smallest absolute Gasteiger partial charge is 0.166 e. The number of hydrogen-bond donors (Lipinski definition) is 0. The lowest BCUT2D eigenvalue weighted by Gasteiger charge is -2.25. The largest absolute Gasteiger partial charge is 0.416 e. The van der Waals surface area contributed by atoms with Crippen molar-refractivity contribution in [2.45, 2.75) is 78.3 Å². The molecule has 0 nitrogen and oxygen atoms in total. The van der Waals surface area contributed by atoms with Crippen molar-refractivity contribution in [1.29, 1.82) is 0 Å². The van der Waals surface area contributed by atoms with Gasteiger partial charge < -0.3 is 0 Å². The molecule has 2 aromatic carbocycles. The Bertz CT molecular complexity index is 791. The van der Waals surface area contributed by atoms with E-state index in [2.05, 4.69) is 56.6 Å². The summed E-state index contributed by atoms with van der Waals surface area (Å²) in [6, 6.07) is 7.92. The van der Waals surface area contributed by atoms with E-state index in [0.717, 1.165) is 41.3 Å². The first kappa shape index (κ1) is 23.0. The molecule has 2 aromatic rings. The summed E-state index contributed by atoms with van der Waals surface area (Å²) in [6.45, 7) is 10.9. The molecule has 4 heteroatoms. The SMILES string of the molecule is CCCc1c(Br)c(C(C)CC)cc(C(C)CC)c1-c1ccc(C(F)(F)F)cc1. The Morgan fingerprint density at radius 1 is 0.893 bits per heavy atom. The van der Waals surface area contributed by atoms with Gasteiger partial charge in [-0.3, -0.25) is 0 Å². The molecule has 0 aliphatic carbocycles. The maximum atomic E-state index is 13.0. The minimum atomic E-state index is -4.31. The molecular formula is C24H30BrF3. The van der Waals surface area contributed by atoms with E-state index in [1.807, 2.05) is 0 Å². The lowest BCUT2D eigenvalue weighted by molar-refractivity contribution is -0.137. The van der Waals surface area contributed by atoms with Gasteiger partial charge in [-0.25, -0.2) is 0 Å². The molecule has 2 rings (SSSR count). The van der Waals surface area contributed by atoms with Gasteiger partial charge in [0, 0.05) is 4.47 Å². The van der Waals surface area contributed by atoms with E-state index in [-0.39, 0.29) is 0 Å². The first-order chi connectivity index (χ1) is 13.1. The molecule has 0 saturated carbocycles. The summed E-state index contributed by atoms with van der Waals surface area (Å²) in [4.78, 5) is 0. The summed E-state index contributed by atoms with van der Waals surface area (Å²) >= 11 is 3.84. The summed E-state index contributed by atoms with van der Waals surface area (Å²) < 4.78 is 40.2. The molecule has 0 aromatic heterocycles. The second kappa shape index (κ2) is 9.47. The van der Waals surface area contributed by atoms with Crippen LogP contribution in [0, 0.1) is 0 Å². The molecule has 0 heterocycles. The van der Waals surface area contributed by atoms with Crippen LogP contribution in [0.15, 0.2) is 34.8 Å². The fourth-order valence-corrected chi connectivity index (χ4v) is 4.50. The van der Waals surface area contributed by atoms with Crippen molar-refractivity contribution in [3.8, 4) is 11.1 Å². The molecule has 0 fully saturated rings. The standard InChI is InChI=1S/C24H30BrF3/c1-6-9-19-22(17-10-12-18(13-11-17)24(26,27)28)20(15(4)7-2)14-21(23(19)25)16(5)8-3/h10-16H,6-9H2,1-5H3. The van der Waals surface area contributed by atoms with Gasteiger partial charge in [0.2, 0.25) is 0 Å². The monoisotopic (exact) mass is 454 g/mol. The van der Waals surface area contributed by atoms with Gasteiger partial charge in [0.05, 0.1) is 5.56 Å². The first-order valence-electron chi connectivity index (χ1n) is 10.2. The Hall–Kier alpha value is -1.29. The third-order valence-electron chi connectivity index (χ3n) is 5.71. The number of hydrogen-bond acceptors (Lipinski definition) is 0. The fourth-order valence-electron chi connectivity index (χ4n) is 3.60. The van der Waals surface area contributed by atoms with Crippen molar-refractivity contribution in [3.05, 3.63) is 57.1 Å². The van der Waals surface area contributed by atoms with E-state index in [9.17, 15) is 13.2 Å². The molecule has 0 spiro atoms. The number of halogens is 4. The topological polar surface area (TPSA) is 0 Å². The third-order valence-corrected chi connectivity index (χ3v) is 6.64. The summed E-state index contributed by atoms with van der Waals surface area (Å²) in [6.07, 6.45) is -0.406. The van der Waals surface area contributed by atoms with Crippen LogP contribution < -0.4 is 0 Å². The van der Waals surface area contributed by atoms with Gasteiger partial charge in [-0.1, -0.05) is 75.2 Å². The zero-order valence-electron chi connectivity index (χ0n) is 17.4. The van der Waals surface area contributed by atoms with Crippen molar-refractivity contribution in [2.24, 2.45) is 0 Å². The lowest BCUT2D eigenvalue weighted by atomic mass is 9.81. The van der Waals surface area contributed by atoms with Crippen molar-refractivity contribution in [2.75, 3.05) is 0 Å². The average molecular weight is 455 g/mol. The van der Waals surface area contributed by atoms with Crippen LogP contribution in [0.5, 0.6) is 0 Å². The van der Waals surface area contributed by atoms with Crippen LogP contribution in [0.3, 0.4) is 0 Å². The van der Waals surface area contributed by atoms with E-state index >= 15 is 0 Å². The Morgan fingerprint density at radius 2 is 1.43 bits per heavy atom. The highest BCUT2D eigenvalue weighted by atomic mass is 79.9. The van der Waals surface area contributed by atoms with Gasteiger partial charge in [-0.2, -0.15) is 13.2 Å². The quantitative estimate of drug-likeness (QED) is 0.391. The molecular weight excluding hydrogens is 425 g/mol. The predicted octanol–water partition coefficient (Wildman–Crippen LogP) is 9.11. The Labute approximate surface area is 175 Å². The van der Waals surface area contributed by atoms with Gasteiger partial charge >= 0.3 is 6.18 Å². The van der Waals surface area contributed by atoms with Crippen LogP contribution in [-0.4, -0.2) is 0 Å². The van der Waals surface area contributed by atoms with Gasteiger partial charge in [0.15, 0.2) is 0 Å². The van der Waals surface area contributed by atoms with Gasteiger partial charge in [0.25, 0.3) is 0 Å². The second-order valence-electron chi connectivity index (χ2n) is 7.67. The molecule has 0 radical (unpaired) electrons. The average Bonchev–Trinajstić information content (AvgIpc) is 2.67. The highest BCUT2D eigenvalue weighted by Gasteiger charge is 2.30. The van der Waals surface area contributed by atoms with Crippen molar-refractivity contribution < 1.29 is 13.2 Å². The summed E-state index contributed by atoms with van der Waals surface area (Å²) in [5, 5.41) is 0. The fraction of sp³-hybridized carbons (Fsp3) is 0.500. The van der Waals surface area contributed by atoms with E-state index in [0.29, 0.717) is 11.8 Å². The van der Waals surface area contributed by atoms with E-state index in [1.165, 1.54) is 28.8 Å². The van der Waals surface area contributed by atoms with Crippen molar-refractivity contribution in [3.63, 3.8) is 0 Å². The summed E-state index contributed by atoms with van der Waals surface area (Å²) in [7, 11) is 0. The first-order valence-corrected chi connectivity index (χ1v) is 11.0. The van der Waals surface area contributed by atoms with Crippen molar-refractivity contribution in [1.82, 2.24) is 0 Å². The van der Waals surface area contributed by atoms with Gasteiger partial charge in [-0.05, 0) is 71.0 Å². The normalized spacial score (nSPS) is 14.2. The summed E-state index contributed by atoms with van der Waals surface area (Å²) in [5.74, 6) is 0.762. The molecule has 0 N–H and O–H groups in total. The van der Waals surface area contributed by atoms with Crippen LogP contribution in [0.4, 0.5) is 13.2 Å². The zero-order valence-corrected chi connectivity index (χ0v) is 19.0. The molecule has 2 unspecified atom stereocenters. The molecule has 2 atom stereocenters. The zero-order chi connectivity index (χ0) is 21.1. The minimum Gasteiger partial charge on any atom is -0.166 e. The minimum absolute atomic E-state index is 0.337. The number of rotatable bonds is 7. The van der Waals surface area contributed by atoms with Crippen LogP contribution in [0.25, 0.3) is 11.1 Å². The molecule has 28 heavy (non-hydrogen) atoms. The van der Waals surface area contributed by atoms with E-state index in [1.54, 1.807) is 12.1 Å². The van der Waals surface area contributed by atoms with Crippen molar-refractivity contribution >= 4 is 15.9 Å². The Morgan fingerprint density at radius 3 is 1.89 bits per heavy atom. The molecule has 0 bridgehead atoms. The molecule has 0 saturated heterocycles. The lowest BCUT2D eigenvalue weighted by Crippen LogP contribution is -2.07. The Balaban J connectivity index is 2.77. The molecule has 0 aliphatic heterocycles. The Kier molecular flexibility index (Phi) is 7.78. The van der Waals surface area contributed by atoms with Gasteiger partial charge in [-0.15, -0.1) is 0 Å². The second-order valence-corrected chi connectivity index (χ2v) is 8.46. The third kappa shape index (κ3) is 4.82. The number of benzene rings is 2. The molecule has 154 valence electrons. The number of alkyl halides is 3. The van der Waals surface area contributed by atoms with Crippen LogP contribution in [-0.2, 0) is 12.6 Å². The van der Waals surface area contributed by atoms with Gasteiger partial charge in [0.1, 0.15) is 0 Å².